The van der Waals surface area contributed by atoms with E-state index < -0.39 is 0 Å². The number of fused-ring (bicyclic) bond motifs is 4. The van der Waals surface area contributed by atoms with Gasteiger partial charge in [0.15, 0.2) is 5.65 Å². The average molecular weight is 285 g/mol. The molecular formula is C18H11N3O. The molecule has 0 aliphatic carbocycles. The third-order valence-corrected chi connectivity index (χ3v) is 4.30. The van der Waals surface area contributed by atoms with Crippen LogP contribution in [0.5, 0.6) is 0 Å². The minimum Gasteiger partial charge on any atom is -0.398 e. The number of nitrogens with zero attached hydrogens (tertiary/aromatic N) is 2. The number of hydrogen-bond acceptors (Lipinski definition) is 3. The quantitative estimate of drug-likeness (QED) is 0.444. The molecule has 0 saturated carbocycles. The summed E-state index contributed by atoms with van der Waals surface area (Å²) in [4.78, 5) is 17.6. The smallest absolute Gasteiger partial charge is 0.264 e. The van der Waals surface area contributed by atoms with Crippen molar-refractivity contribution in [3.05, 3.63) is 65.0 Å². The molecule has 4 nitrogen and oxygen atoms in total. The molecule has 3 aromatic carbocycles. The van der Waals surface area contributed by atoms with Gasteiger partial charge in [-0.15, -0.1) is 0 Å². The lowest BCUT2D eigenvalue weighted by Gasteiger charge is -2.09. The Labute approximate surface area is 124 Å². The summed E-state index contributed by atoms with van der Waals surface area (Å²) in [6.07, 6.45) is 0. The van der Waals surface area contributed by atoms with Gasteiger partial charge in [-0.2, -0.15) is 0 Å². The van der Waals surface area contributed by atoms with Gasteiger partial charge in [0.05, 0.1) is 11.0 Å². The first-order valence-corrected chi connectivity index (χ1v) is 7.09. The maximum absolute atomic E-state index is 13.0. The van der Waals surface area contributed by atoms with Crippen LogP contribution in [0.4, 0.5) is 5.69 Å². The van der Waals surface area contributed by atoms with Crippen LogP contribution in [0.1, 0.15) is 0 Å². The molecule has 0 bridgehead atoms. The minimum atomic E-state index is -0.0487. The summed E-state index contributed by atoms with van der Waals surface area (Å²) >= 11 is 0. The first-order valence-electron chi connectivity index (χ1n) is 7.09. The number of pyridine rings is 1. The van der Waals surface area contributed by atoms with E-state index in [1.165, 1.54) is 0 Å². The van der Waals surface area contributed by atoms with Crippen LogP contribution in [-0.4, -0.2) is 9.38 Å². The van der Waals surface area contributed by atoms with Gasteiger partial charge in [-0.1, -0.05) is 30.3 Å². The van der Waals surface area contributed by atoms with Crippen molar-refractivity contribution in [2.24, 2.45) is 0 Å². The lowest BCUT2D eigenvalue weighted by atomic mass is 10.0. The second-order valence-electron chi connectivity index (χ2n) is 5.50. The van der Waals surface area contributed by atoms with Gasteiger partial charge >= 0.3 is 0 Å². The Kier molecular flexibility index (Phi) is 1.96. The number of imidazole rings is 1. The number of hydrogen-bond donors (Lipinski definition) is 1. The van der Waals surface area contributed by atoms with E-state index in [9.17, 15) is 4.79 Å². The first kappa shape index (κ1) is 11.5. The minimum absolute atomic E-state index is 0.0487. The summed E-state index contributed by atoms with van der Waals surface area (Å²) in [6, 6.07) is 17.2. The van der Waals surface area contributed by atoms with Crippen molar-refractivity contribution in [2.45, 2.75) is 0 Å². The standard InChI is InChI=1S/C18H11N3O/c19-12-9-8-10-4-3-5-11-15(10)16(12)17-20-13-6-1-2-7-14(13)21(17)18(11)22/h1-9H,19H2. The van der Waals surface area contributed by atoms with E-state index in [1.807, 2.05) is 54.6 Å². The third kappa shape index (κ3) is 1.22. The molecule has 0 fully saturated rings. The maximum atomic E-state index is 13.0. The Hall–Kier alpha value is -3.14. The summed E-state index contributed by atoms with van der Waals surface area (Å²) in [7, 11) is 0. The van der Waals surface area contributed by atoms with Crippen molar-refractivity contribution < 1.29 is 0 Å². The van der Waals surface area contributed by atoms with E-state index in [1.54, 1.807) is 4.40 Å². The van der Waals surface area contributed by atoms with Crippen LogP contribution in [0.2, 0.25) is 0 Å². The van der Waals surface area contributed by atoms with Crippen LogP contribution >= 0.6 is 0 Å². The summed E-state index contributed by atoms with van der Waals surface area (Å²) < 4.78 is 1.67. The highest BCUT2D eigenvalue weighted by molar-refractivity contribution is 6.19. The van der Waals surface area contributed by atoms with Crippen molar-refractivity contribution in [3.63, 3.8) is 0 Å². The molecule has 5 aromatic rings. The van der Waals surface area contributed by atoms with Crippen LogP contribution in [-0.2, 0) is 0 Å². The predicted octanol–water partition coefficient (Wildman–Crippen LogP) is 3.17. The number of anilines is 1. The highest BCUT2D eigenvalue weighted by atomic mass is 16.1. The SMILES string of the molecule is Nc1ccc2cccc3c(=O)n4c5ccccc5nc4c1c23. The molecule has 4 heteroatoms. The van der Waals surface area contributed by atoms with Crippen LogP contribution < -0.4 is 11.3 Å². The van der Waals surface area contributed by atoms with Crippen LogP contribution in [0.25, 0.3) is 38.2 Å². The zero-order valence-electron chi connectivity index (χ0n) is 11.6. The number of nitrogen functional groups attached to an aromatic ring is 1. The van der Waals surface area contributed by atoms with Gasteiger partial charge in [-0.05, 0) is 29.7 Å². The molecule has 0 aliphatic heterocycles. The number of rotatable bonds is 0. The van der Waals surface area contributed by atoms with Gasteiger partial charge in [0.25, 0.3) is 5.56 Å². The zero-order valence-corrected chi connectivity index (χ0v) is 11.6. The predicted molar refractivity (Wildman–Crippen MR) is 89.6 cm³/mol. The van der Waals surface area contributed by atoms with Gasteiger partial charge in [-0.25, -0.2) is 4.98 Å². The molecule has 5 rings (SSSR count). The van der Waals surface area contributed by atoms with Crippen LogP contribution in [0, 0.1) is 0 Å². The van der Waals surface area contributed by atoms with Crippen LogP contribution in [0.15, 0.2) is 59.4 Å². The molecule has 0 amide bonds. The Morgan fingerprint density at radius 3 is 2.68 bits per heavy atom. The summed E-state index contributed by atoms with van der Waals surface area (Å²) in [5.74, 6) is 0. The molecule has 0 unspecified atom stereocenters. The summed E-state index contributed by atoms with van der Waals surface area (Å²) in [6.45, 7) is 0. The van der Waals surface area contributed by atoms with E-state index in [4.69, 9.17) is 5.73 Å². The maximum Gasteiger partial charge on any atom is 0.264 e. The molecule has 0 atom stereocenters. The number of para-hydroxylation sites is 2. The van der Waals surface area contributed by atoms with Crippen molar-refractivity contribution in [3.8, 4) is 0 Å². The molecular weight excluding hydrogens is 274 g/mol. The van der Waals surface area contributed by atoms with Gasteiger partial charge in [0.2, 0.25) is 0 Å². The molecule has 0 aliphatic rings. The number of aromatic nitrogens is 2. The second kappa shape index (κ2) is 3.74. The molecule has 22 heavy (non-hydrogen) atoms. The van der Waals surface area contributed by atoms with Gasteiger partial charge in [0, 0.05) is 21.8 Å². The zero-order chi connectivity index (χ0) is 14.8. The lowest BCUT2D eigenvalue weighted by Crippen LogP contribution is -2.13. The Bertz CT molecular complexity index is 1250. The van der Waals surface area contributed by atoms with E-state index in [0.29, 0.717) is 16.7 Å². The Morgan fingerprint density at radius 2 is 1.77 bits per heavy atom. The summed E-state index contributed by atoms with van der Waals surface area (Å²) in [5.41, 5.74) is 9.06. The summed E-state index contributed by atoms with van der Waals surface area (Å²) in [5, 5.41) is 3.43. The molecule has 2 heterocycles. The van der Waals surface area contributed by atoms with Crippen molar-refractivity contribution in [2.75, 3.05) is 5.73 Å². The first-order chi connectivity index (χ1) is 10.8. The normalized spacial score (nSPS) is 12.0. The highest BCUT2D eigenvalue weighted by Gasteiger charge is 2.17. The molecule has 2 aromatic heterocycles. The second-order valence-corrected chi connectivity index (χ2v) is 5.50. The highest BCUT2D eigenvalue weighted by Crippen LogP contribution is 2.33. The Morgan fingerprint density at radius 1 is 0.909 bits per heavy atom. The van der Waals surface area contributed by atoms with Gasteiger partial charge in [0.1, 0.15) is 0 Å². The Balaban J connectivity index is 2.29. The van der Waals surface area contributed by atoms with Crippen molar-refractivity contribution in [1.82, 2.24) is 9.38 Å². The number of nitrogens with two attached hydrogens (primary N) is 1. The molecule has 0 spiro atoms. The molecule has 104 valence electrons. The van der Waals surface area contributed by atoms with Gasteiger partial charge < -0.3 is 5.73 Å². The monoisotopic (exact) mass is 285 g/mol. The van der Waals surface area contributed by atoms with E-state index in [2.05, 4.69) is 4.98 Å². The van der Waals surface area contributed by atoms with Crippen molar-refractivity contribution in [1.29, 1.82) is 0 Å². The van der Waals surface area contributed by atoms with Crippen molar-refractivity contribution >= 4 is 43.9 Å². The number of benzene rings is 3. The molecule has 0 radical (unpaired) electrons. The van der Waals surface area contributed by atoms with E-state index in [-0.39, 0.29) is 5.56 Å². The fourth-order valence-corrected chi connectivity index (χ4v) is 3.33. The van der Waals surface area contributed by atoms with Gasteiger partial charge in [-0.3, -0.25) is 9.20 Å². The van der Waals surface area contributed by atoms with E-state index >= 15 is 0 Å². The fraction of sp³-hybridized carbons (Fsp3) is 0. The van der Waals surface area contributed by atoms with Crippen LogP contribution in [0.3, 0.4) is 0 Å². The average Bonchev–Trinajstić information content (AvgIpc) is 2.92. The largest absolute Gasteiger partial charge is 0.398 e. The third-order valence-electron chi connectivity index (χ3n) is 4.30. The fourth-order valence-electron chi connectivity index (χ4n) is 3.33. The topological polar surface area (TPSA) is 60.4 Å². The lowest BCUT2D eigenvalue weighted by molar-refractivity contribution is 1.19. The molecule has 2 N–H and O–H groups in total. The molecule has 0 saturated heterocycles. The van der Waals surface area contributed by atoms with E-state index in [0.717, 1.165) is 27.2 Å².